The lowest BCUT2D eigenvalue weighted by molar-refractivity contribution is 0.0925. The number of nitrogens with one attached hydrogen (secondary N) is 2. The van der Waals surface area contributed by atoms with Crippen LogP contribution in [0.3, 0.4) is 0 Å². The van der Waals surface area contributed by atoms with Crippen molar-refractivity contribution < 1.29 is 9.21 Å². The van der Waals surface area contributed by atoms with Crippen LogP contribution in [0.5, 0.6) is 0 Å². The van der Waals surface area contributed by atoms with E-state index in [0.717, 1.165) is 30.7 Å². The second kappa shape index (κ2) is 9.11. The molecule has 0 bridgehead atoms. The van der Waals surface area contributed by atoms with E-state index in [9.17, 15) is 4.79 Å². The molecule has 2 aromatic rings. The fraction of sp³-hybridized carbons (Fsp3) is 0.500. The molecule has 0 spiro atoms. The Morgan fingerprint density at radius 1 is 1.43 bits per heavy atom. The van der Waals surface area contributed by atoms with Gasteiger partial charge in [0.2, 0.25) is 0 Å². The van der Waals surface area contributed by atoms with Gasteiger partial charge in [-0.3, -0.25) is 4.79 Å². The van der Waals surface area contributed by atoms with Crippen LogP contribution in [0, 0.1) is 12.8 Å². The molecule has 5 nitrogen and oxygen atoms in total. The lowest BCUT2D eigenvalue weighted by atomic mass is 9.96. The molecule has 3 heterocycles. The van der Waals surface area contributed by atoms with Crippen molar-refractivity contribution in [2.75, 3.05) is 19.6 Å². The van der Waals surface area contributed by atoms with Crippen molar-refractivity contribution in [3.8, 4) is 0 Å². The highest BCUT2D eigenvalue weighted by Crippen LogP contribution is 2.18. The number of fused-ring (bicyclic) bond motifs is 1. The molecule has 1 fully saturated rings. The van der Waals surface area contributed by atoms with E-state index < -0.39 is 0 Å². The zero-order valence-electron chi connectivity index (χ0n) is 13.1. The van der Waals surface area contributed by atoms with Crippen molar-refractivity contribution in [3.05, 3.63) is 29.7 Å². The Morgan fingerprint density at radius 2 is 2.26 bits per heavy atom. The minimum absolute atomic E-state index is 0. The standard InChI is InChI=1S/C16H21N3O2.2ClH/c1-11-4-5-14-13(19-11)9-15(21-14)16(20)18-8-6-12-3-2-7-17-10-12;;/h4-5,9,12,17H,2-3,6-8,10H2,1H3,(H,18,20);2*1H. The number of piperidine rings is 1. The summed E-state index contributed by atoms with van der Waals surface area (Å²) < 4.78 is 5.54. The van der Waals surface area contributed by atoms with Gasteiger partial charge in [0.25, 0.3) is 5.91 Å². The van der Waals surface area contributed by atoms with Crippen LogP contribution in [0.15, 0.2) is 22.6 Å². The number of carbonyl (C=O) groups excluding carboxylic acids is 1. The first kappa shape index (κ1) is 19.7. The number of pyridine rings is 1. The number of carbonyl (C=O) groups is 1. The average Bonchev–Trinajstić information content (AvgIpc) is 2.91. The van der Waals surface area contributed by atoms with E-state index in [-0.39, 0.29) is 30.7 Å². The second-order valence-electron chi connectivity index (χ2n) is 5.70. The summed E-state index contributed by atoms with van der Waals surface area (Å²) in [4.78, 5) is 16.4. The Balaban J connectivity index is 0.00000132. The number of furan rings is 1. The van der Waals surface area contributed by atoms with Gasteiger partial charge in [-0.15, -0.1) is 24.8 Å². The lowest BCUT2D eigenvalue weighted by Gasteiger charge is -2.22. The van der Waals surface area contributed by atoms with E-state index in [4.69, 9.17) is 4.42 Å². The van der Waals surface area contributed by atoms with Crippen LogP contribution < -0.4 is 10.6 Å². The predicted octanol–water partition coefficient (Wildman–Crippen LogP) is 3.10. The van der Waals surface area contributed by atoms with Crippen LogP contribution in [-0.2, 0) is 0 Å². The van der Waals surface area contributed by atoms with Crippen LogP contribution >= 0.6 is 24.8 Å². The molecule has 1 amide bonds. The highest BCUT2D eigenvalue weighted by Gasteiger charge is 2.15. The number of halogens is 2. The van der Waals surface area contributed by atoms with Gasteiger partial charge in [0, 0.05) is 18.3 Å². The molecule has 0 saturated carbocycles. The molecule has 3 rings (SSSR count). The predicted molar refractivity (Wildman–Crippen MR) is 95.8 cm³/mol. The first-order valence-corrected chi connectivity index (χ1v) is 7.58. The highest BCUT2D eigenvalue weighted by atomic mass is 35.5. The number of amides is 1. The van der Waals surface area contributed by atoms with Crippen molar-refractivity contribution in [3.63, 3.8) is 0 Å². The molecule has 0 radical (unpaired) electrons. The zero-order chi connectivity index (χ0) is 14.7. The maximum absolute atomic E-state index is 12.1. The number of aromatic nitrogens is 1. The highest BCUT2D eigenvalue weighted by molar-refractivity contribution is 5.95. The molecule has 0 aliphatic carbocycles. The van der Waals surface area contributed by atoms with Gasteiger partial charge in [0.15, 0.2) is 11.3 Å². The fourth-order valence-corrected chi connectivity index (χ4v) is 2.79. The molecular weight excluding hydrogens is 337 g/mol. The van der Waals surface area contributed by atoms with Gasteiger partial charge >= 0.3 is 0 Å². The van der Waals surface area contributed by atoms with Gasteiger partial charge in [-0.2, -0.15) is 0 Å². The van der Waals surface area contributed by atoms with Crippen molar-refractivity contribution in [2.45, 2.75) is 26.2 Å². The summed E-state index contributed by atoms with van der Waals surface area (Å²) in [7, 11) is 0. The average molecular weight is 360 g/mol. The number of rotatable bonds is 4. The molecular formula is C16H23Cl2N3O2. The molecule has 23 heavy (non-hydrogen) atoms. The second-order valence-corrected chi connectivity index (χ2v) is 5.70. The van der Waals surface area contributed by atoms with E-state index in [2.05, 4.69) is 15.6 Å². The van der Waals surface area contributed by atoms with Crippen LogP contribution in [0.1, 0.15) is 35.5 Å². The summed E-state index contributed by atoms with van der Waals surface area (Å²) >= 11 is 0. The van der Waals surface area contributed by atoms with Crippen LogP contribution in [-0.4, -0.2) is 30.5 Å². The van der Waals surface area contributed by atoms with Gasteiger partial charge in [0.05, 0.1) is 0 Å². The third-order valence-corrected chi connectivity index (χ3v) is 3.97. The summed E-state index contributed by atoms with van der Waals surface area (Å²) in [6.45, 7) is 4.79. The third-order valence-electron chi connectivity index (χ3n) is 3.97. The topological polar surface area (TPSA) is 67.2 Å². The molecule has 1 atom stereocenters. The Kier molecular flexibility index (Phi) is 7.82. The maximum Gasteiger partial charge on any atom is 0.287 e. The van der Waals surface area contributed by atoms with E-state index in [1.54, 1.807) is 6.07 Å². The molecule has 7 heteroatoms. The van der Waals surface area contributed by atoms with Crippen molar-refractivity contribution in [1.82, 2.24) is 15.6 Å². The number of aryl methyl sites for hydroxylation is 1. The Morgan fingerprint density at radius 3 is 3.00 bits per heavy atom. The van der Waals surface area contributed by atoms with Gasteiger partial charge in [0.1, 0.15) is 5.52 Å². The summed E-state index contributed by atoms with van der Waals surface area (Å²) in [5, 5.41) is 6.32. The number of nitrogens with zero attached hydrogens (tertiary/aromatic N) is 1. The Bertz CT molecular complexity index is 639. The zero-order valence-corrected chi connectivity index (χ0v) is 14.8. The van der Waals surface area contributed by atoms with E-state index in [1.165, 1.54) is 12.8 Å². The van der Waals surface area contributed by atoms with Gasteiger partial charge in [-0.1, -0.05) is 0 Å². The van der Waals surface area contributed by atoms with Gasteiger partial charge < -0.3 is 15.1 Å². The third kappa shape index (κ3) is 5.09. The largest absolute Gasteiger partial charge is 0.449 e. The van der Waals surface area contributed by atoms with E-state index in [0.29, 0.717) is 23.8 Å². The van der Waals surface area contributed by atoms with Gasteiger partial charge in [-0.05, 0) is 57.3 Å². The molecule has 1 aliphatic rings. The smallest absolute Gasteiger partial charge is 0.287 e. The molecule has 128 valence electrons. The van der Waals surface area contributed by atoms with Crippen molar-refractivity contribution in [2.24, 2.45) is 5.92 Å². The van der Waals surface area contributed by atoms with Crippen molar-refractivity contribution in [1.29, 1.82) is 0 Å². The van der Waals surface area contributed by atoms with Crippen LogP contribution in [0.4, 0.5) is 0 Å². The molecule has 2 N–H and O–H groups in total. The van der Waals surface area contributed by atoms with Gasteiger partial charge in [-0.25, -0.2) is 4.98 Å². The first-order chi connectivity index (χ1) is 10.2. The lowest BCUT2D eigenvalue weighted by Crippen LogP contribution is -2.33. The normalized spacial score (nSPS) is 17.2. The maximum atomic E-state index is 12.1. The SMILES string of the molecule is Cc1ccc2oc(C(=O)NCCC3CCCNC3)cc2n1.Cl.Cl. The monoisotopic (exact) mass is 359 g/mol. The van der Waals surface area contributed by atoms with Crippen molar-refractivity contribution >= 4 is 41.8 Å². The Labute approximate surface area is 148 Å². The van der Waals surface area contributed by atoms with Crippen LogP contribution in [0.25, 0.3) is 11.1 Å². The summed E-state index contributed by atoms with van der Waals surface area (Å²) in [5.74, 6) is 0.846. The number of hydrogen-bond acceptors (Lipinski definition) is 4. The molecule has 1 aliphatic heterocycles. The molecule has 1 saturated heterocycles. The Hall–Kier alpha value is -1.30. The first-order valence-electron chi connectivity index (χ1n) is 7.58. The summed E-state index contributed by atoms with van der Waals surface area (Å²) in [6.07, 6.45) is 3.49. The molecule has 1 unspecified atom stereocenters. The quantitative estimate of drug-likeness (QED) is 0.879. The van der Waals surface area contributed by atoms with E-state index in [1.807, 2.05) is 19.1 Å². The minimum Gasteiger partial charge on any atom is -0.449 e. The molecule has 0 aromatic carbocycles. The fourth-order valence-electron chi connectivity index (χ4n) is 2.79. The molecule has 2 aromatic heterocycles. The summed E-state index contributed by atoms with van der Waals surface area (Å²) in [5.41, 5.74) is 2.30. The minimum atomic E-state index is -0.158. The van der Waals surface area contributed by atoms with Crippen LogP contribution in [0.2, 0.25) is 0 Å². The van der Waals surface area contributed by atoms with E-state index >= 15 is 0 Å². The number of hydrogen-bond donors (Lipinski definition) is 2. The summed E-state index contributed by atoms with van der Waals surface area (Å²) in [6, 6.07) is 5.44.